The van der Waals surface area contributed by atoms with Crippen LogP contribution in [0.25, 0.3) is 11.4 Å². The molecule has 26 heavy (non-hydrogen) atoms. The zero-order valence-corrected chi connectivity index (χ0v) is 15.3. The van der Waals surface area contributed by atoms with Crippen LogP contribution in [0.2, 0.25) is 5.02 Å². The van der Waals surface area contributed by atoms with E-state index in [9.17, 15) is 9.90 Å². The summed E-state index contributed by atoms with van der Waals surface area (Å²) in [5.41, 5.74) is 6.81. The van der Waals surface area contributed by atoms with Gasteiger partial charge in [0.15, 0.2) is 5.82 Å². The standard InChI is InChI=1S/C19H21ClN4O2/c1-3-17(25)24-5-4-19(2,26)9-16(24)12-6-13(8-14(20)7-12)18-22-10-15(21)11-23-18/h3,6-8,10-11,16,26H,1,4-5,9,21H2,2H3/t16-,19-/m0/s1. The lowest BCUT2D eigenvalue weighted by molar-refractivity contribution is -0.134. The molecular formula is C19H21ClN4O2. The highest BCUT2D eigenvalue weighted by Crippen LogP contribution is 2.38. The summed E-state index contributed by atoms with van der Waals surface area (Å²) in [6.07, 6.45) is 5.28. The number of hydrogen-bond acceptors (Lipinski definition) is 5. The largest absolute Gasteiger partial charge is 0.396 e. The van der Waals surface area contributed by atoms with Gasteiger partial charge in [-0.3, -0.25) is 4.79 Å². The second-order valence-corrected chi connectivity index (χ2v) is 7.25. The molecule has 1 amide bonds. The Hall–Kier alpha value is -2.44. The van der Waals surface area contributed by atoms with Crippen LogP contribution in [0.15, 0.2) is 43.2 Å². The first-order valence-electron chi connectivity index (χ1n) is 8.33. The first-order chi connectivity index (χ1) is 12.3. The fourth-order valence-corrected chi connectivity index (χ4v) is 3.49. The summed E-state index contributed by atoms with van der Waals surface area (Å²) >= 11 is 6.32. The maximum atomic E-state index is 12.3. The molecule has 1 aromatic heterocycles. The molecule has 0 saturated carbocycles. The van der Waals surface area contributed by atoms with Crippen LogP contribution in [-0.2, 0) is 4.79 Å². The number of carbonyl (C=O) groups excluding carboxylic acids is 1. The van der Waals surface area contributed by atoms with E-state index in [1.807, 2.05) is 6.07 Å². The summed E-state index contributed by atoms with van der Waals surface area (Å²) in [4.78, 5) is 22.5. The molecule has 2 heterocycles. The van der Waals surface area contributed by atoms with Gasteiger partial charge in [0.2, 0.25) is 5.91 Å². The Morgan fingerprint density at radius 2 is 2.12 bits per heavy atom. The Kier molecular flexibility index (Phi) is 4.98. The molecule has 136 valence electrons. The Labute approximate surface area is 157 Å². The van der Waals surface area contributed by atoms with Gasteiger partial charge in [0.05, 0.1) is 29.7 Å². The van der Waals surface area contributed by atoms with E-state index in [2.05, 4.69) is 16.5 Å². The van der Waals surface area contributed by atoms with E-state index in [1.54, 1.807) is 24.0 Å². The summed E-state index contributed by atoms with van der Waals surface area (Å²) in [5.74, 6) is 0.322. The van der Waals surface area contributed by atoms with Crippen molar-refractivity contribution in [2.45, 2.75) is 31.4 Å². The molecule has 3 rings (SSSR count). The van der Waals surface area contributed by atoms with Crippen LogP contribution in [0, 0.1) is 0 Å². The summed E-state index contributed by atoms with van der Waals surface area (Å²) in [7, 11) is 0. The molecule has 2 atom stereocenters. The van der Waals surface area contributed by atoms with E-state index in [0.717, 1.165) is 11.1 Å². The summed E-state index contributed by atoms with van der Waals surface area (Å²) in [6, 6.07) is 5.15. The predicted octanol–water partition coefficient (Wildman–Crippen LogP) is 2.98. The minimum atomic E-state index is -0.858. The van der Waals surface area contributed by atoms with E-state index < -0.39 is 5.60 Å². The molecule has 1 aromatic carbocycles. The van der Waals surface area contributed by atoms with Crippen molar-refractivity contribution in [1.29, 1.82) is 0 Å². The minimum Gasteiger partial charge on any atom is -0.396 e. The van der Waals surface area contributed by atoms with Crippen LogP contribution in [0.1, 0.15) is 31.4 Å². The first kappa shape index (κ1) is 18.4. The Bertz CT molecular complexity index is 836. The van der Waals surface area contributed by atoms with Crippen molar-refractivity contribution >= 4 is 23.2 Å². The third-order valence-corrected chi connectivity index (χ3v) is 4.81. The van der Waals surface area contributed by atoms with Crippen molar-refractivity contribution in [3.05, 3.63) is 53.8 Å². The number of likely N-dealkylation sites (tertiary alicyclic amines) is 1. The molecule has 3 N–H and O–H groups in total. The van der Waals surface area contributed by atoms with Gasteiger partial charge in [-0.1, -0.05) is 18.2 Å². The average molecular weight is 373 g/mol. The number of nitrogens with two attached hydrogens (primary N) is 1. The molecule has 0 spiro atoms. The van der Waals surface area contributed by atoms with Gasteiger partial charge in [-0.15, -0.1) is 0 Å². The number of nitrogen functional groups attached to an aromatic ring is 1. The fourth-order valence-electron chi connectivity index (χ4n) is 3.25. The molecule has 6 nitrogen and oxygen atoms in total. The number of rotatable bonds is 3. The lowest BCUT2D eigenvalue weighted by Gasteiger charge is -2.42. The third kappa shape index (κ3) is 3.86. The van der Waals surface area contributed by atoms with Gasteiger partial charge in [0.25, 0.3) is 0 Å². The highest BCUT2D eigenvalue weighted by molar-refractivity contribution is 6.31. The van der Waals surface area contributed by atoms with Crippen molar-refractivity contribution in [3.63, 3.8) is 0 Å². The SMILES string of the molecule is C=CC(=O)N1CC[C@](C)(O)C[C@H]1c1cc(Cl)cc(-c2ncc(N)cn2)c1. The van der Waals surface area contributed by atoms with E-state index in [1.165, 1.54) is 18.5 Å². The molecule has 1 aliphatic heterocycles. The maximum absolute atomic E-state index is 12.3. The molecule has 7 heteroatoms. The number of benzene rings is 1. The Morgan fingerprint density at radius 1 is 1.42 bits per heavy atom. The van der Waals surface area contributed by atoms with E-state index in [4.69, 9.17) is 17.3 Å². The number of amides is 1. The van der Waals surface area contributed by atoms with Gasteiger partial charge in [0.1, 0.15) is 0 Å². The summed E-state index contributed by atoms with van der Waals surface area (Å²) < 4.78 is 0. The average Bonchev–Trinajstić information content (AvgIpc) is 2.60. The zero-order chi connectivity index (χ0) is 18.9. The van der Waals surface area contributed by atoms with Gasteiger partial charge < -0.3 is 15.7 Å². The lowest BCUT2D eigenvalue weighted by atomic mass is 9.84. The van der Waals surface area contributed by atoms with Crippen LogP contribution >= 0.6 is 11.6 Å². The molecule has 0 radical (unpaired) electrons. The van der Waals surface area contributed by atoms with Crippen molar-refractivity contribution in [2.75, 3.05) is 12.3 Å². The molecule has 1 aliphatic rings. The van der Waals surface area contributed by atoms with Gasteiger partial charge in [0, 0.05) is 23.6 Å². The number of nitrogens with zero attached hydrogens (tertiary/aromatic N) is 3. The number of hydrogen-bond donors (Lipinski definition) is 2. The minimum absolute atomic E-state index is 0.171. The van der Waals surface area contributed by atoms with Crippen LogP contribution in [0.5, 0.6) is 0 Å². The molecule has 0 bridgehead atoms. The van der Waals surface area contributed by atoms with Crippen molar-refractivity contribution in [1.82, 2.24) is 14.9 Å². The van der Waals surface area contributed by atoms with Crippen molar-refractivity contribution in [2.24, 2.45) is 0 Å². The number of halogens is 1. The lowest BCUT2D eigenvalue weighted by Crippen LogP contribution is -2.46. The van der Waals surface area contributed by atoms with Crippen LogP contribution in [0.3, 0.4) is 0 Å². The second kappa shape index (κ2) is 7.05. The number of anilines is 1. The number of carbonyl (C=O) groups is 1. The summed E-state index contributed by atoms with van der Waals surface area (Å²) in [5, 5.41) is 11.0. The van der Waals surface area contributed by atoms with Gasteiger partial charge in [-0.25, -0.2) is 9.97 Å². The molecule has 1 saturated heterocycles. The smallest absolute Gasteiger partial charge is 0.246 e. The molecule has 0 aliphatic carbocycles. The predicted molar refractivity (Wildman–Crippen MR) is 101 cm³/mol. The highest BCUT2D eigenvalue weighted by Gasteiger charge is 2.37. The monoisotopic (exact) mass is 372 g/mol. The second-order valence-electron chi connectivity index (χ2n) is 6.82. The quantitative estimate of drug-likeness (QED) is 0.808. The van der Waals surface area contributed by atoms with Crippen LogP contribution in [0.4, 0.5) is 5.69 Å². The number of aromatic nitrogens is 2. The van der Waals surface area contributed by atoms with Gasteiger partial charge >= 0.3 is 0 Å². The van der Waals surface area contributed by atoms with E-state index in [-0.39, 0.29) is 11.9 Å². The van der Waals surface area contributed by atoms with Crippen LogP contribution in [-0.4, -0.2) is 38.0 Å². The first-order valence-corrected chi connectivity index (χ1v) is 8.71. The van der Waals surface area contributed by atoms with E-state index in [0.29, 0.717) is 35.9 Å². The molecule has 0 unspecified atom stereocenters. The van der Waals surface area contributed by atoms with Crippen molar-refractivity contribution in [3.8, 4) is 11.4 Å². The van der Waals surface area contributed by atoms with E-state index >= 15 is 0 Å². The maximum Gasteiger partial charge on any atom is 0.246 e. The molecule has 2 aromatic rings. The van der Waals surface area contributed by atoms with Crippen molar-refractivity contribution < 1.29 is 9.90 Å². The molecule has 1 fully saturated rings. The zero-order valence-electron chi connectivity index (χ0n) is 14.5. The number of aliphatic hydroxyl groups is 1. The topological polar surface area (TPSA) is 92.3 Å². The summed E-state index contributed by atoms with van der Waals surface area (Å²) in [6.45, 7) is 5.81. The van der Waals surface area contributed by atoms with Gasteiger partial charge in [-0.05, 0) is 43.2 Å². The fraction of sp³-hybridized carbons (Fsp3) is 0.316. The van der Waals surface area contributed by atoms with Crippen LogP contribution < -0.4 is 5.73 Å². The molecular weight excluding hydrogens is 352 g/mol. The normalized spacial score (nSPS) is 22.9. The number of piperidine rings is 1. The van der Waals surface area contributed by atoms with Gasteiger partial charge in [-0.2, -0.15) is 0 Å². The third-order valence-electron chi connectivity index (χ3n) is 4.59. The Morgan fingerprint density at radius 3 is 2.77 bits per heavy atom. The highest BCUT2D eigenvalue weighted by atomic mass is 35.5. The Balaban J connectivity index is 2.04.